The zero-order chi connectivity index (χ0) is 6.69. The van der Waals surface area contributed by atoms with Crippen LogP contribution in [0.25, 0.3) is 0 Å². The molecule has 0 heterocycles. The zero-order valence-corrected chi connectivity index (χ0v) is 6.16. The number of amides is 1. The highest BCUT2D eigenvalue weighted by Gasteiger charge is 2.23. The first-order valence-corrected chi connectivity index (χ1v) is 3.83. The molecule has 52 valence electrons. The highest BCUT2D eigenvalue weighted by Crippen LogP contribution is 2.31. The van der Waals surface area contributed by atoms with E-state index in [2.05, 4.69) is 17.9 Å². The van der Waals surface area contributed by atoms with Crippen LogP contribution in [0.2, 0.25) is 0 Å². The van der Waals surface area contributed by atoms with Crippen molar-refractivity contribution in [1.82, 2.24) is 5.32 Å². The first-order valence-electron chi connectivity index (χ1n) is 3.20. The van der Waals surface area contributed by atoms with E-state index >= 15 is 0 Å². The summed E-state index contributed by atoms with van der Waals surface area (Å²) in [7, 11) is 0. The highest BCUT2D eigenvalue weighted by atomic mass is 32.1. The van der Waals surface area contributed by atoms with Crippen LogP contribution in [0.15, 0.2) is 0 Å². The Morgan fingerprint density at radius 3 is 2.78 bits per heavy atom. The molecule has 1 N–H and O–H groups in total. The van der Waals surface area contributed by atoms with Crippen molar-refractivity contribution in [2.45, 2.75) is 19.3 Å². The van der Waals surface area contributed by atoms with Crippen LogP contribution in [0.5, 0.6) is 0 Å². The summed E-state index contributed by atoms with van der Waals surface area (Å²) in [5.74, 6) is 1.29. The molecular formula is C6H11NOS. The Morgan fingerprint density at radius 1 is 1.67 bits per heavy atom. The van der Waals surface area contributed by atoms with E-state index in [9.17, 15) is 4.79 Å². The molecule has 2 nitrogen and oxygen atoms in total. The van der Waals surface area contributed by atoms with Crippen LogP contribution >= 0.6 is 12.6 Å². The first-order chi connectivity index (χ1) is 4.33. The molecule has 0 spiro atoms. The second-order valence-electron chi connectivity index (χ2n) is 2.41. The van der Waals surface area contributed by atoms with Crippen LogP contribution in [0.3, 0.4) is 0 Å². The average molecular weight is 145 g/mol. The molecular weight excluding hydrogens is 134 g/mol. The summed E-state index contributed by atoms with van der Waals surface area (Å²) in [4.78, 5) is 10.7. The van der Waals surface area contributed by atoms with Gasteiger partial charge in [0.2, 0.25) is 5.91 Å². The lowest BCUT2D eigenvalue weighted by atomic mass is 10.3. The summed E-state index contributed by atoms with van der Waals surface area (Å²) < 4.78 is 0. The number of carbonyl (C=O) groups is 1. The lowest BCUT2D eigenvalue weighted by Crippen LogP contribution is -2.21. The van der Waals surface area contributed by atoms with Crippen LogP contribution in [-0.4, -0.2) is 11.8 Å². The van der Waals surface area contributed by atoms with E-state index in [1.807, 2.05) is 0 Å². The fourth-order valence-corrected chi connectivity index (χ4v) is 0.921. The van der Waals surface area contributed by atoms with Crippen molar-refractivity contribution in [1.29, 1.82) is 0 Å². The van der Waals surface area contributed by atoms with Crippen molar-refractivity contribution in [2.24, 2.45) is 5.92 Å². The fourth-order valence-electron chi connectivity index (χ4n) is 0.745. The Morgan fingerprint density at radius 2 is 2.33 bits per heavy atom. The smallest absolute Gasteiger partial charge is 0.220 e. The predicted molar refractivity (Wildman–Crippen MR) is 39.3 cm³/mol. The van der Waals surface area contributed by atoms with Gasteiger partial charge in [0.05, 0.1) is 5.88 Å². The molecule has 1 saturated carbocycles. The van der Waals surface area contributed by atoms with Crippen molar-refractivity contribution < 1.29 is 4.79 Å². The third-order valence-corrected chi connectivity index (χ3v) is 1.61. The van der Waals surface area contributed by atoms with E-state index in [1.165, 1.54) is 12.8 Å². The maximum absolute atomic E-state index is 10.7. The number of hydrogen-bond donors (Lipinski definition) is 2. The summed E-state index contributed by atoms with van der Waals surface area (Å²) in [6.07, 6.45) is 3.18. The minimum absolute atomic E-state index is 0.146. The molecule has 0 aromatic heterocycles. The van der Waals surface area contributed by atoms with Crippen LogP contribution in [-0.2, 0) is 4.79 Å². The van der Waals surface area contributed by atoms with Crippen LogP contribution < -0.4 is 5.32 Å². The summed E-state index contributed by atoms with van der Waals surface area (Å²) in [5, 5.41) is 2.64. The Bertz CT molecular complexity index is 112. The Balaban J connectivity index is 2.02. The molecule has 1 aliphatic carbocycles. The molecule has 1 fully saturated rings. The van der Waals surface area contributed by atoms with Gasteiger partial charge in [-0.3, -0.25) is 4.79 Å². The molecule has 0 unspecified atom stereocenters. The van der Waals surface area contributed by atoms with E-state index in [1.54, 1.807) is 0 Å². The Hall–Kier alpha value is -0.180. The summed E-state index contributed by atoms with van der Waals surface area (Å²) in [5.41, 5.74) is 0. The number of rotatable bonds is 3. The summed E-state index contributed by atoms with van der Waals surface area (Å²) >= 11 is 3.87. The van der Waals surface area contributed by atoms with Crippen molar-refractivity contribution in [3.63, 3.8) is 0 Å². The van der Waals surface area contributed by atoms with Gasteiger partial charge in [0.1, 0.15) is 0 Å². The van der Waals surface area contributed by atoms with Gasteiger partial charge in [0, 0.05) is 6.42 Å². The number of carbonyl (C=O) groups excluding carboxylic acids is 1. The predicted octanol–water partition coefficient (Wildman–Crippen LogP) is 0.790. The Kier molecular flexibility index (Phi) is 2.39. The number of hydrogen-bond acceptors (Lipinski definition) is 2. The molecule has 1 rings (SSSR count). The van der Waals surface area contributed by atoms with Crippen molar-refractivity contribution in [3.8, 4) is 0 Å². The van der Waals surface area contributed by atoms with Crippen LogP contribution in [0, 0.1) is 5.92 Å². The summed E-state index contributed by atoms with van der Waals surface area (Å²) in [6.45, 7) is 0. The summed E-state index contributed by atoms with van der Waals surface area (Å²) in [6, 6.07) is 0. The number of nitrogens with one attached hydrogen (secondary N) is 1. The standard InChI is InChI=1S/C6H11NOS/c8-6(7-4-9)3-5-1-2-5/h5,9H,1-4H2,(H,7,8). The fraction of sp³-hybridized carbons (Fsp3) is 0.833. The lowest BCUT2D eigenvalue weighted by molar-refractivity contribution is -0.121. The van der Waals surface area contributed by atoms with Crippen molar-refractivity contribution in [2.75, 3.05) is 5.88 Å². The van der Waals surface area contributed by atoms with Gasteiger partial charge in [-0.05, 0) is 18.8 Å². The third kappa shape index (κ3) is 2.75. The minimum atomic E-state index is 0.146. The van der Waals surface area contributed by atoms with Gasteiger partial charge in [-0.2, -0.15) is 12.6 Å². The van der Waals surface area contributed by atoms with Gasteiger partial charge in [-0.25, -0.2) is 0 Å². The van der Waals surface area contributed by atoms with E-state index in [-0.39, 0.29) is 5.91 Å². The van der Waals surface area contributed by atoms with Crippen LogP contribution in [0.4, 0.5) is 0 Å². The van der Waals surface area contributed by atoms with Crippen LogP contribution in [0.1, 0.15) is 19.3 Å². The maximum atomic E-state index is 10.7. The molecule has 0 aliphatic heterocycles. The van der Waals surface area contributed by atoms with Gasteiger partial charge in [0.15, 0.2) is 0 Å². The lowest BCUT2D eigenvalue weighted by Gasteiger charge is -1.97. The Labute approximate surface area is 60.4 Å². The molecule has 0 radical (unpaired) electrons. The van der Waals surface area contributed by atoms with Gasteiger partial charge in [-0.15, -0.1) is 0 Å². The van der Waals surface area contributed by atoms with E-state index in [0.29, 0.717) is 18.2 Å². The molecule has 9 heavy (non-hydrogen) atoms. The van der Waals surface area contributed by atoms with Crippen molar-refractivity contribution >= 4 is 18.5 Å². The SMILES string of the molecule is O=C(CC1CC1)NCS. The molecule has 0 saturated heterocycles. The van der Waals surface area contributed by atoms with Gasteiger partial charge < -0.3 is 5.32 Å². The average Bonchev–Trinajstić information content (AvgIpc) is 2.50. The highest BCUT2D eigenvalue weighted by molar-refractivity contribution is 7.80. The van der Waals surface area contributed by atoms with Gasteiger partial charge in [-0.1, -0.05) is 0 Å². The molecule has 0 aromatic carbocycles. The normalized spacial score (nSPS) is 17.4. The maximum Gasteiger partial charge on any atom is 0.220 e. The molecule has 0 bridgehead atoms. The third-order valence-electron chi connectivity index (χ3n) is 1.45. The van der Waals surface area contributed by atoms with E-state index < -0.39 is 0 Å². The van der Waals surface area contributed by atoms with Gasteiger partial charge >= 0.3 is 0 Å². The molecule has 0 aromatic rings. The van der Waals surface area contributed by atoms with E-state index in [0.717, 1.165) is 0 Å². The topological polar surface area (TPSA) is 29.1 Å². The van der Waals surface area contributed by atoms with Gasteiger partial charge in [0.25, 0.3) is 0 Å². The second kappa shape index (κ2) is 3.11. The molecule has 0 atom stereocenters. The van der Waals surface area contributed by atoms with E-state index in [4.69, 9.17) is 0 Å². The first kappa shape index (κ1) is 6.93. The zero-order valence-electron chi connectivity index (χ0n) is 5.26. The largest absolute Gasteiger partial charge is 0.347 e. The minimum Gasteiger partial charge on any atom is -0.347 e. The molecule has 1 amide bonds. The molecule has 3 heteroatoms. The monoisotopic (exact) mass is 145 g/mol. The number of thiol groups is 1. The second-order valence-corrected chi connectivity index (χ2v) is 2.72. The molecule has 1 aliphatic rings. The quantitative estimate of drug-likeness (QED) is 0.446. The van der Waals surface area contributed by atoms with Crippen molar-refractivity contribution in [3.05, 3.63) is 0 Å².